The van der Waals surface area contributed by atoms with Crippen LogP contribution in [-0.2, 0) is 14.4 Å². The monoisotopic (exact) mass is 285 g/mol. The normalized spacial score (nSPS) is 22.3. The average Bonchev–Trinajstić information content (AvgIpc) is 2.41. The van der Waals surface area contributed by atoms with Crippen molar-refractivity contribution in [3.63, 3.8) is 0 Å². The number of piperidine rings is 1. The smallest absolute Gasteiger partial charge is 0.233 e. The van der Waals surface area contributed by atoms with Gasteiger partial charge in [-0.2, -0.15) is 0 Å². The lowest BCUT2D eigenvalue weighted by molar-refractivity contribution is -0.237. The fraction of sp³-hybridized carbons (Fsp3) is 0.857. The van der Waals surface area contributed by atoms with E-state index in [-0.39, 0.29) is 12.0 Å². The van der Waals surface area contributed by atoms with Crippen molar-refractivity contribution < 1.29 is 14.4 Å². The van der Waals surface area contributed by atoms with E-state index in [9.17, 15) is 9.59 Å². The molecule has 0 spiro atoms. The molecule has 1 fully saturated rings. The van der Waals surface area contributed by atoms with Crippen molar-refractivity contribution in [2.75, 3.05) is 26.2 Å². The third-order valence-electron chi connectivity index (χ3n) is 3.31. The van der Waals surface area contributed by atoms with Gasteiger partial charge in [-0.3, -0.25) is 9.63 Å². The summed E-state index contributed by atoms with van der Waals surface area (Å²) in [7, 11) is 0. The Bertz CT molecular complexity index is 317. The van der Waals surface area contributed by atoms with Crippen LogP contribution >= 0.6 is 0 Å². The van der Waals surface area contributed by atoms with Gasteiger partial charge in [-0.1, -0.05) is 0 Å². The second-order valence-corrected chi connectivity index (χ2v) is 6.36. The number of hydrogen-bond donors (Lipinski definition) is 1. The van der Waals surface area contributed by atoms with Crippen LogP contribution in [0.1, 0.15) is 33.6 Å². The molecule has 2 atom stereocenters. The zero-order valence-corrected chi connectivity index (χ0v) is 12.7. The number of likely N-dealkylation sites (tertiary alicyclic amines) is 1. The lowest BCUT2D eigenvalue weighted by Crippen LogP contribution is -2.50. The highest BCUT2D eigenvalue weighted by molar-refractivity contribution is 5.54. The van der Waals surface area contributed by atoms with Crippen molar-refractivity contribution in [1.29, 1.82) is 0 Å². The van der Waals surface area contributed by atoms with Crippen LogP contribution in [0.5, 0.6) is 0 Å². The summed E-state index contributed by atoms with van der Waals surface area (Å²) in [5.41, 5.74) is 5.16. The van der Waals surface area contributed by atoms with Crippen molar-refractivity contribution in [3.05, 3.63) is 0 Å². The van der Waals surface area contributed by atoms with Gasteiger partial charge in [-0.05, 0) is 40.2 Å². The first-order chi connectivity index (χ1) is 9.39. The topological polar surface area (TPSA) is 75.9 Å². The molecule has 1 rings (SSSR count). The zero-order chi connectivity index (χ0) is 15.2. The van der Waals surface area contributed by atoms with E-state index in [1.54, 1.807) is 0 Å². The van der Waals surface area contributed by atoms with Crippen LogP contribution in [0.25, 0.3) is 0 Å². The van der Waals surface area contributed by atoms with Crippen LogP contribution in [-0.4, -0.2) is 60.5 Å². The van der Waals surface area contributed by atoms with E-state index in [1.807, 2.05) is 20.8 Å². The Kier molecular flexibility index (Phi) is 6.58. The van der Waals surface area contributed by atoms with E-state index in [1.165, 1.54) is 5.06 Å². The molecule has 1 aliphatic heterocycles. The van der Waals surface area contributed by atoms with Crippen molar-refractivity contribution in [2.24, 2.45) is 11.7 Å². The first-order valence-electron chi connectivity index (χ1n) is 7.20. The lowest BCUT2D eigenvalue weighted by Gasteiger charge is -2.39. The molecule has 1 saturated heterocycles. The summed E-state index contributed by atoms with van der Waals surface area (Å²) < 4.78 is 0. The molecular formula is C14H27N3O3. The van der Waals surface area contributed by atoms with Crippen molar-refractivity contribution in [1.82, 2.24) is 9.96 Å². The van der Waals surface area contributed by atoms with Gasteiger partial charge in [0.2, 0.25) is 6.41 Å². The highest BCUT2D eigenvalue weighted by atomic mass is 16.7. The molecule has 0 aromatic carbocycles. The quantitative estimate of drug-likeness (QED) is 0.542. The first-order valence-corrected chi connectivity index (χ1v) is 7.20. The highest BCUT2D eigenvalue weighted by Gasteiger charge is 2.29. The fourth-order valence-corrected chi connectivity index (χ4v) is 2.41. The zero-order valence-electron chi connectivity index (χ0n) is 12.7. The molecule has 1 aliphatic rings. The number of carbonyl (C=O) groups excluding carboxylic acids is 2. The molecule has 1 heterocycles. The maximum absolute atomic E-state index is 11.2. The van der Waals surface area contributed by atoms with Crippen LogP contribution in [0.3, 0.4) is 0 Å². The minimum absolute atomic E-state index is 0.0329. The number of aldehydes is 1. The van der Waals surface area contributed by atoms with Gasteiger partial charge in [0.25, 0.3) is 0 Å². The average molecular weight is 285 g/mol. The summed E-state index contributed by atoms with van der Waals surface area (Å²) in [5.74, 6) is -0.137. The van der Waals surface area contributed by atoms with Crippen molar-refractivity contribution >= 4 is 12.7 Å². The van der Waals surface area contributed by atoms with E-state index in [4.69, 9.17) is 10.6 Å². The fourth-order valence-electron chi connectivity index (χ4n) is 2.41. The number of carbonyl (C=O) groups is 2. The molecule has 20 heavy (non-hydrogen) atoms. The summed E-state index contributed by atoms with van der Waals surface area (Å²) >= 11 is 0. The van der Waals surface area contributed by atoms with Crippen LogP contribution in [0.15, 0.2) is 0 Å². The molecule has 1 amide bonds. The lowest BCUT2D eigenvalue weighted by atomic mass is 10.0. The van der Waals surface area contributed by atoms with Gasteiger partial charge in [0.1, 0.15) is 6.29 Å². The third-order valence-corrected chi connectivity index (χ3v) is 3.31. The molecule has 0 aromatic rings. The molecule has 0 radical (unpaired) electrons. The number of hydroxylamine groups is 2. The molecule has 116 valence electrons. The first kappa shape index (κ1) is 17.1. The molecule has 2 N–H and O–H groups in total. The molecule has 6 heteroatoms. The molecular weight excluding hydrogens is 258 g/mol. The largest absolute Gasteiger partial charge is 0.330 e. The Labute approximate surface area is 121 Å². The van der Waals surface area contributed by atoms with Gasteiger partial charge in [0.05, 0.1) is 11.6 Å². The van der Waals surface area contributed by atoms with Gasteiger partial charge in [0, 0.05) is 25.6 Å². The van der Waals surface area contributed by atoms with Gasteiger partial charge in [0.15, 0.2) is 0 Å². The third kappa shape index (κ3) is 5.56. The number of hydrogen-bond acceptors (Lipinski definition) is 5. The van der Waals surface area contributed by atoms with Crippen LogP contribution < -0.4 is 5.73 Å². The Balaban J connectivity index is 2.58. The Morgan fingerprint density at radius 1 is 1.45 bits per heavy atom. The van der Waals surface area contributed by atoms with Gasteiger partial charge < -0.3 is 15.4 Å². The van der Waals surface area contributed by atoms with E-state index < -0.39 is 5.60 Å². The number of rotatable bonds is 7. The second-order valence-electron chi connectivity index (χ2n) is 6.36. The standard InChI is InChI=1S/C14H27N3O3/c1-14(2,3)20-17(11-19)13-5-4-6-16(9-13)8-12(7-15)10-18/h10-13H,4-9,15H2,1-3H3/t12-,13?/m1/s1. The van der Waals surface area contributed by atoms with E-state index in [0.717, 1.165) is 38.6 Å². The molecule has 0 aliphatic carbocycles. The maximum Gasteiger partial charge on any atom is 0.233 e. The molecule has 1 unspecified atom stereocenters. The highest BCUT2D eigenvalue weighted by Crippen LogP contribution is 2.19. The van der Waals surface area contributed by atoms with Crippen molar-refractivity contribution in [3.8, 4) is 0 Å². The number of nitrogens with zero attached hydrogens (tertiary/aromatic N) is 2. The van der Waals surface area contributed by atoms with Gasteiger partial charge in [-0.15, -0.1) is 0 Å². The van der Waals surface area contributed by atoms with E-state index in [0.29, 0.717) is 13.1 Å². The minimum atomic E-state index is -0.397. The van der Waals surface area contributed by atoms with Crippen LogP contribution in [0.2, 0.25) is 0 Å². The molecule has 0 saturated carbocycles. The molecule has 6 nitrogen and oxygen atoms in total. The van der Waals surface area contributed by atoms with E-state index in [2.05, 4.69) is 4.90 Å². The SMILES string of the molecule is CC(C)(C)ON(C=O)C1CCCN(C[C@H](C=O)CN)C1. The predicted octanol–water partition coefficient (Wildman–Crippen LogP) is 0.413. The van der Waals surface area contributed by atoms with Crippen LogP contribution in [0.4, 0.5) is 0 Å². The van der Waals surface area contributed by atoms with E-state index >= 15 is 0 Å². The summed E-state index contributed by atoms with van der Waals surface area (Å²) in [5, 5.41) is 1.42. The van der Waals surface area contributed by atoms with Gasteiger partial charge >= 0.3 is 0 Å². The minimum Gasteiger partial charge on any atom is -0.330 e. The molecule has 0 aromatic heterocycles. The maximum atomic E-state index is 11.2. The van der Waals surface area contributed by atoms with Crippen LogP contribution in [0, 0.1) is 5.92 Å². The summed E-state index contributed by atoms with van der Waals surface area (Å²) in [6.07, 6.45) is 3.56. The molecule has 0 bridgehead atoms. The Morgan fingerprint density at radius 2 is 2.15 bits per heavy atom. The Morgan fingerprint density at radius 3 is 2.65 bits per heavy atom. The number of amides is 1. The summed E-state index contributed by atoms with van der Waals surface area (Å²) in [6.45, 7) is 8.42. The van der Waals surface area contributed by atoms with Gasteiger partial charge in [-0.25, -0.2) is 5.06 Å². The second kappa shape index (κ2) is 7.71. The summed E-state index contributed by atoms with van der Waals surface area (Å²) in [4.78, 5) is 30.0. The Hall–Kier alpha value is -0.980. The predicted molar refractivity (Wildman–Crippen MR) is 76.8 cm³/mol. The summed E-state index contributed by atoms with van der Waals surface area (Å²) in [6, 6.07) is 0.0329. The number of nitrogens with two attached hydrogens (primary N) is 1. The van der Waals surface area contributed by atoms with Crippen molar-refractivity contribution in [2.45, 2.75) is 45.3 Å².